The third-order valence-corrected chi connectivity index (χ3v) is 5.80. The summed E-state index contributed by atoms with van der Waals surface area (Å²) in [7, 11) is 3.34. The average molecular weight is 395 g/mol. The van der Waals surface area contributed by atoms with E-state index in [1.54, 1.807) is 14.2 Å². The Morgan fingerprint density at radius 2 is 1.86 bits per heavy atom. The topological polar surface area (TPSA) is 49.0 Å². The molecule has 29 heavy (non-hydrogen) atoms. The van der Waals surface area contributed by atoms with Crippen molar-refractivity contribution in [3.05, 3.63) is 59.7 Å². The van der Waals surface area contributed by atoms with Crippen molar-refractivity contribution in [3.8, 4) is 17.2 Å². The molecule has 5 heteroatoms. The minimum absolute atomic E-state index is 0.215. The molecule has 0 aromatic heterocycles. The highest BCUT2D eigenvalue weighted by Crippen LogP contribution is 2.51. The Hall–Kier alpha value is -2.66. The van der Waals surface area contributed by atoms with Crippen molar-refractivity contribution in [1.82, 2.24) is 0 Å². The Morgan fingerprint density at radius 3 is 2.66 bits per heavy atom. The molecule has 0 saturated heterocycles. The molecule has 1 aliphatic heterocycles. The maximum atomic E-state index is 5.88. The zero-order valence-corrected chi connectivity index (χ0v) is 17.3. The molecular weight excluding hydrogens is 366 g/mol. The molecule has 0 saturated carbocycles. The van der Waals surface area contributed by atoms with Crippen LogP contribution in [0.25, 0.3) is 0 Å². The molecule has 0 spiro atoms. The molecule has 2 aromatic rings. The van der Waals surface area contributed by atoms with E-state index in [0.717, 1.165) is 29.4 Å². The van der Waals surface area contributed by atoms with Crippen LogP contribution in [0.1, 0.15) is 36.4 Å². The van der Waals surface area contributed by atoms with Gasteiger partial charge in [0.25, 0.3) is 0 Å². The summed E-state index contributed by atoms with van der Waals surface area (Å²) in [5.74, 6) is 3.24. The van der Waals surface area contributed by atoms with E-state index in [2.05, 4.69) is 41.7 Å². The van der Waals surface area contributed by atoms with Crippen molar-refractivity contribution < 1.29 is 18.9 Å². The van der Waals surface area contributed by atoms with Gasteiger partial charge in [-0.3, -0.25) is 0 Å². The van der Waals surface area contributed by atoms with Gasteiger partial charge in [-0.2, -0.15) is 0 Å². The molecule has 154 valence electrons. The second-order valence-corrected chi connectivity index (χ2v) is 7.38. The molecule has 2 aromatic carbocycles. The van der Waals surface area contributed by atoms with Gasteiger partial charge in [0.15, 0.2) is 11.5 Å². The van der Waals surface area contributed by atoms with Crippen molar-refractivity contribution in [2.75, 3.05) is 39.4 Å². The molecule has 0 bridgehead atoms. The molecule has 4 rings (SSSR count). The van der Waals surface area contributed by atoms with E-state index >= 15 is 0 Å². The summed E-state index contributed by atoms with van der Waals surface area (Å²) in [5, 5.41) is 3.76. The van der Waals surface area contributed by atoms with Crippen LogP contribution in [0.4, 0.5) is 5.69 Å². The zero-order chi connectivity index (χ0) is 20.2. The first kappa shape index (κ1) is 19.6. The molecule has 3 unspecified atom stereocenters. The van der Waals surface area contributed by atoms with E-state index in [9.17, 15) is 0 Å². The molecule has 0 radical (unpaired) electrons. The summed E-state index contributed by atoms with van der Waals surface area (Å²) in [5.41, 5.74) is 3.67. The number of hydrogen-bond acceptors (Lipinski definition) is 5. The summed E-state index contributed by atoms with van der Waals surface area (Å²) >= 11 is 0. The number of rotatable bonds is 8. The second-order valence-electron chi connectivity index (χ2n) is 7.38. The number of ether oxygens (including phenoxy) is 4. The standard InChI is InChI=1S/C24H29NO4/c1-4-28-12-13-29-17-9-10-21-20(15-17)18-6-5-7-19(18)24(25-21)16-8-11-22(26-2)23(14-16)27-3/h5-6,8-11,14-15,18-19,24-25H,4,7,12-13H2,1-3H3. The van der Waals surface area contributed by atoms with Gasteiger partial charge in [-0.25, -0.2) is 0 Å². The first-order valence-electron chi connectivity index (χ1n) is 10.2. The van der Waals surface area contributed by atoms with Gasteiger partial charge in [0.05, 0.1) is 26.9 Å². The Bertz CT molecular complexity index is 879. The third kappa shape index (κ3) is 3.92. The Kier molecular flexibility index (Phi) is 5.95. The van der Waals surface area contributed by atoms with Crippen LogP contribution < -0.4 is 19.5 Å². The Balaban J connectivity index is 1.59. The van der Waals surface area contributed by atoms with Crippen molar-refractivity contribution >= 4 is 5.69 Å². The lowest BCUT2D eigenvalue weighted by Crippen LogP contribution is -2.29. The lowest BCUT2D eigenvalue weighted by Gasteiger charge is -2.37. The van der Waals surface area contributed by atoms with E-state index in [1.165, 1.54) is 11.1 Å². The van der Waals surface area contributed by atoms with E-state index in [-0.39, 0.29) is 6.04 Å². The number of fused-ring (bicyclic) bond motifs is 3. The summed E-state index contributed by atoms with van der Waals surface area (Å²) in [6.45, 7) is 3.88. The van der Waals surface area contributed by atoms with Crippen LogP contribution in [-0.4, -0.2) is 34.0 Å². The molecule has 1 aliphatic carbocycles. The van der Waals surface area contributed by atoms with Crippen LogP contribution in [0.15, 0.2) is 48.6 Å². The van der Waals surface area contributed by atoms with Crippen LogP contribution in [0.5, 0.6) is 17.2 Å². The highest BCUT2D eigenvalue weighted by molar-refractivity contribution is 5.62. The molecule has 1 heterocycles. The monoisotopic (exact) mass is 395 g/mol. The third-order valence-electron chi connectivity index (χ3n) is 5.80. The van der Waals surface area contributed by atoms with Crippen LogP contribution >= 0.6 is 0 Å². The number of nitrogens with one attached hydrogen (secondary N) is 1. The lowest BCUT2D eigenvalue weighted by atomic mass is 9.77. The number of allylic oxidation sites excluding steroid dienone is 2. The van der Waals surface area contributed by atoms with Gasteiger partial charge in [0.1, 0.15) is 12.4 Å². The van der Waals surface area contributed by atoms with Crippen LogP contribution in [0, 0.1) is 5.92 Å². The average Bonchev–Trinajstić information content (AvgIpc) is 3.26. The fourth-order valence-corrected chi connectivity index (χ4v) is 4.40. The maximum absolute atomic E-state index is 5.88. The zero-order valence-electron chi connectivity index (χ0n) is 17.3. The lowest BCUT2D eigenvalue weighted by molar-refractivity contribution is 0.110. The van der Waals surface area contributed by atoms with Crippen molar-refractivity contribution in [2.45, 2.75) is 25.3 Å². The highest BCUT2D eigenvalue weighted by atomic mass is 16.5. The predicted octanol–water partition coefficient (Wildman–Crippen LogP) is 4.95. The number of hydrogen-bond donors (Lipinski definition) is 1. The van der Waals surface area contributed by atoms with E-state index < -0.39 is 0 Å². The molecule has 3 atom stereocenters. The molecule has 2 aliphatic rings. The largest absolute Gasteiger partial charge is 0.493 e. The number of methoxy groups -OCH3 is 2. The molecule has 0 amide bonds. The van der Waals surface area contributed by atoms with Gasteiger partial charge in [-0.15, -0.1) is 0 Å². The van der Waals surface area contributed by atoms with Crippen molar-refractivity contribution in [3.63, 3.8) is 0 Å². The van der Waals surface area contributed by atoms with Gasteiger partial charge in [-0.1, -0.05) is 18.2 Å². The van der Waals surface area contributed by atoms with E-state index in [4.69, 9.17) is 18.9 Å². The van der Waals surface area contributed by atoms with Gasteiger partial charge < -0.3 is 24.3 Å². The number of benzene rings is 2. The van der Waals surface area contributed by atoms with Gasteiger partial charge >= 0.3 is 0 Å². The second kappa shape index (κ2) is 8.78. The normalized spacial score (nSPS) is 21.8. The van der Waals surface area contributed by atoms with Crippen molar-refractivity contribution in [1.29, 1.82) is 0 Å². The van der Waals surface area contributed by atoms with Crippen LogP contribution in [0.2, 0.25) is 0 Å². The van der Waals surface area contributed by atoms with Crippen molar-refractivity contribution in [2.24, 2.45) is 5.92 Å². The van der Waals surface area contributed by atoms with Gasteiger partial charge in [-0.05, 0) is 60.7 Å². The van der Waals surface area contributed by atoms with E-state index in [1.807, 2.05) is 19.1 Å². The highest BCUT2D eigenvalue weighted by Gasteiger charge is 2.38. The van der Waals surface area contributed by atoms with Gasteiger partial charge in [0.2, 0.25) is 0 Å². The molecule has 0 fully saturated rings. The summed E-state index contributed by atoms with van der Waals surface area (Å²) < 4.78 is 22.2. The number of anilines is 1. The molecular formula is C24H29NO4. The quantitative estimate of drug-likeness (QED) is 0.506. The van der Waals surface area contributed by atoms with E-state index in [0.29, 0.717) is 31.7 Å². The van der Waals surface area contributed by atoms with Crippen LogP contribution in [0.3, 0.4) is 0 Å². The predicted molar refractivity (Wildman–Crippen MR) is 114 cm³/mol. The summed E-state index contributed by atoms with van der Waals surface area (Å²) in [6.07, 6.45) is 5.68. The minimum atomic E-state index is 0.215. The molecule has 1 N–H and O–H groups in total. The Morgan fingerprint density at radius 1 is 1.00 bits per heavy atom. The SMILES string of the molecule is CCOCCOc1ccc2c(c1)C1C=CCC1C(c1ccc(OC)c(OC)c1)N2. The summed E-state index contributed by atoms with van der Waals surface area (Å²) in [6, 6.07) is 12.7. The first-order valence-corrected chi connectivity index (χ1v) is 10.2. The first-order chi connectivity index (χ1) is 14.2. The molecule has 5 nitrogen and oxygen atoms in total. The van der Waals surface area contributed by atoms with Crippen LogP contribution in [-0.2, 0) is 4.74 Å². The minimum Gasteiger partial charge on any atom is -0.493 e. The maximum Gasteiger partial charge on any atom is 0.161 e. The summed E-state index contributed by atoms with van der Waals surface area (Å²) in [4.78, 5) is 0. The smallest absolute Gasteiger partial charge is 0.161 e. The van der Waals surface area contributed by atoms with Gasteiger partial charge in [0, 0.05) is 18.2 Å². The fourth-order valence-electron chi connectivity index (χ4n) is 4.40. The fraction of sp³-hybridized carbons (Fsp3) is 0.417. The Labute approximate surface area is 172 Å².